The molecular weight excluding hydrogens is 477 g/mol. The van der Waals surface area contributed by atoms with Gasteiger partial charge >= 0.3 is 0 Å². The number of nitrogens with zero attached hydrogens (tertiary/aromatic N) is 1. The molecule has 5 aromatic carbocycles. The fourth-order valence-electron chi connectivity index (χ4n) is 7.43. The van der Waals surface area contributed by atoms with E-state index < -0.39 is 0 Å². The van der Waals surface area contributed by atoms with Crippen molar-refractivity contribution in [1.29, 1.82) is 0 Å². The normalized spacial score (nSPS) is 15.2. The largest absolute Gasteiger partial charge is 0.311 e. The Morgan fingerprint density at radius 1 is 0.658 bits per heavy atom. The van der Waals surface area contributed by atoms with Crippen molar-refractivity contribution in [3.8, 4) is 21.6 Å². The minimum absolute atomic E-state index is 0.0694. The minimum atomic E-state index is -0.0694. The van der Waals surface area contributed by atoms with Crippen LogP contribution < -0.4 is 20.6 Å². The Hall–Kier alpha value is -4.08. The summed E-state index contributed by atoms with van der Waals surface area (Å²) in [4.78, 5) is 3.95. The smallest absolute Gasteiger partial charge is 0.260 e. The first-order valence-electron chi connectivity index (χ1n) is 13.4. The zero-order valence-corrected chi connectivity index (χ0v) is 22.1. The monoisotopic (exact) mass is 501 g/mol. The molecule has 0 fully saturated rings. The van der Waals surface area contributed by atoms with Crippen molar-refractivity contribution in [2.45, 2.75) is 19.3 Å². The first-order chi connectivity index (χ1) is 18.6. The maximum Gasteiger partial charge on any atom is 0.260 e. The molecule has 3 heteroatoms. The van der Waals surface area contributed by atoms with Crippen LogP contribution in [-0.4, -0.2) is 6.71 Å². The molecule has 4 heterocycles. The standard InChI is InChI=1S/C35H24BNS/c1-35(2)25-16-6-7-19-28(25)37-29-20-9-14-23-22-13-8-15-24-30(22)34(38-33(24)21-11-4-3-5-12-21)36(31(23)29)27-18-10-17-26(35)32(27)37/h3-20H,1-2H3. The Morgan fingerprint density at radius 2 is 1.37 bits per heavy atom. The van der Waals surface area contributed by atoms with E-state index in [2.05, 4.69) is 128 Å². The number of thiophene rings is 1. The van der Waals surface area contributed by atoms with Gasteiger partial charge in [-0.05, 0) is 61.0 Å². The minimum Gasteiger partial charge on any atom is -0.311 e. The summed E-state index contributed by atoms with van der Waals surface area (Å²) in [7, 11) is 0. The second-order valence-electron chi connectivity index (χ2n) is 11.3. The summed E-state index contributed by atoms with van der Waals surface area (Å²) in [6.45, 7) is 5.00. The lowest BCUT2D eigenvalue weighted by Gasteiger charge is -2.47. The van der Waals surface area contributed by atoms with Gasteiger partial charge in [-0.3, -0.25) is 0 Å². The molecule has 1 nitrogen and oxygen atoms in total. The van der Waals surface area contributed by atoms with Crippen LogP contribution in [0, 0.1) is 0 Å². The second kappa shape index (κ2) is 7.06. The van der Waals surface area contributed by atoms with Gasteiger partial charge in [0.25, 0.3) is 6.71 Å². The van der Waals surface area contributed by atoms with Crippen molar-refractivity contribution in [1.82, 2.24) is 0 Å². The number of benzene rings is 5. The molecule has 0 saturated heterocycles. The lowest BCUT2D eigenvalue weighted by molar-refractivity contribution is 0.632. The highest BCUT2D eigenvalue weighted by atomic mass is 32.1. The van der Waals surface area contributed by atoms with Crippen LogP contribution in [0.3, 0.4) is 0 Å². The van der Waals surface area contributed by atoms with Crippen LogP contribution in [-0.2, 0) is 5.41 Å². The molecule has 0 spiro atoms. The van der Waals surface area contributed by atoms with Crippen LogP contribution in [0.25, 0.3) is 32.3 Å². The Bertz CT molecular complexity index is 1970. The molecule has 1 aromatic heterocycles. The van der Waals surface area contributed by atoms with E-state index in [1.807, 2.05) is 11.3 Å². The molecule has 3 aliphatic rings. The van der Waals surface area contributed by atoms with Gasteiger partial charge in [0.2, 0.25) is 0 Å². The van der Waals surface area contributed by atoms with E-state index in [1.54, 1.807) is 0 Å². The maximum absolute atomic E-state index is 2.57. The third kappa shape index (κ3) is 2.39. The Morgan fingerprint density at radius 3 is 2.26 bits per heavy atom. The Kier molecular flexibility index (Phi) is 3.89. The summed E-state index contributed by atoms with van der Waals surface area (Å²) in [6, 6.07) is 40.8. The fraction of sp³-hybridized carbons (Fsp3) is 0.0857. The fourth-order valence-corrected chi connectivity index (χ4v) is 8.87. The van der Waals surface area contributed by atoms with Crippen molar-refractivity contribution in [3.63, 3.8) is 0 Å². The average molecular weight is 501 g/mol. The molecule has 0 radical (unpaired) electrons. The zero-order chi connectivity index (χ0) is 25.2. The number of anilines is 3. The molecular formula is C35H24BNS. The van der Waals surface area contributed by atoms with E-state index in [0.29, 0.717) is 0 Å². The molecule has 0 amide bonds. The van der Waals surface area contributed by atoms with Crippen LogP contribution >= 0.6 is 11.3 Å². The predicted molar refractivity (Wildman–Crippen MR) is 164 cm³/mol. The van der Waals surface area contributed by atoms with E-state index in [4.69, 9.17) is 0 Å². The number of para-hydroxylation sites is 2. The molecule has 0 atom stereocenters. The van der Waals surface area contributed by atoms with E-state index in [9.17, 15) is 0 Å². The lowest BCUT2D eigenvalue weighted by atomic mass is 9.34. The topological polar surface area (TPSA) is 3.24 Å². The summed E-state index contributed by atoms with van der Waals surface area (Å²) in [6.07, 6.45) is 0. The molecule has 0 bridgehead atoms. The van der Waals surface area contributed by atoms with Crippen LogP contribution in [0.2, 0.25) is 0 Å². The highest BCUT2D eigenvalue weighted by Gasteiger charge is 2.47. The second-order valence-corrected chi connectivity index (χ2v) is 12.3. The molecule has 0 saturated carbocycles. The third-order valence-electron chi connectivity index (χ3n) is 9.06. The summed E-state index contributed by atoms with van der Waals surface area (Å²) in [5, 5.41) is 2.81. The van der Waals surface area contributed by atoms with Crippen LogP contribution in [0.1, 0.15) is 25.0 Å². The van der Waals surface area contributed by atoms with E-state index in [0.717, 1.165) is 0 Å². The van der Waals surface area contributed by atoms with Gasteiger partial charge in [-0.25, -0.2) is 0 Å². The summed E-state index contributed by atoms with van der Waals surface area (Å²) < 4.78 is 1.49. The van der Waals surface area contributed by atoms with Gasteiger partial charge in [-0.1, -0.05) is 111 Å². The Labute approximate surface area is 227 Å². The predicted octanol–water partition coefficient (Wildman–Crippen LogP) is 7.49. The van der Waals surface area contributed by atoms with Gasteiger partial charge in [0.15, 0.2) is 0 Å². The molecule has 178 valence electrons. The molecule has 0 N–H and O–H groups in total. The number of hydrogen-bond acceptors (Lipinski definition) is 2. The number of fused-ring (bicyclic) bond motifs is 6. The van der Waals surface area contributed by atoms with Gasteiger partial charge < -0.3 is 4.90 Å². The lowest BCUT2D eigenvalue weighted by Crippen LogP contribution is -2.59. The van der Waals surface area contributed by atoms with E-state index in [1.165, 1.54) is 76.2 Å². The summed E-state index contributed by atoms with van der Waals surface area (Å²) >= 11 is 1.99. The molecule has 6 aromatic rings. The van der Waals surface area contributed by atoms with Gasteiger partial charge in [0.1, 0.15) is 0 Å². The number of hydrogen-bond donors (Lipinski definition) is 0. The maximum atomic E-state index is 2.57. The van der Waals surface area contributed by atoms with Crippen molar-refractivity contribution < 1.29 is 0 Å². The molecule has 38 heavy (non-hydrogen) atoms. The molecule has 0 aliphatic carbocycles. The summed E-state index contributed by atoms with van der Waals surface area (Å²) in [5.41, 5.74) is 13.7. The molecule has 3 aliphatic heterocycles. The third-order valence-corrected chi connectivity index (χ3v) is 10.4. The van der Waals surface area contributed by atoms with Crippen molar-refractivity contribution in [3.05, 3.63) is 120 Å². The van der Waals surface area contributed by atoms with Gasteiger partial charge in [-0.2, -0.15) is 0 Å². The van der Waals surface area contributed by atoms with E-state index in [-0.39, 0.29) is 12.1 Å². The van der Waals surface area contributed by atoms with Crippen LogP contribution in [0.4, 0.5) is 17.1 Å². The highest BCUT2D eigenvalue weighted by molar-refractivity contribution is 7.32. The van der Waals surface area contributed by atoms with Crippen LogP contribution in [0.15, 0.2) is 109 Å². The van der Waals surface area contributed by atoms with Crippen molar-refractivity contribution in [2.75, 3.05) is 4.90 Å². The first kappa shape index (κ1) is 20.9. The highest BCUT2D eigenvalue weighted by Crippen LogP contribution is 2.53. The van der Waals surface area contributed by atoms with Crippen LogP contribution in [0.5, 0.6) is 0 Å². The zero-order valence-electron chi connectivity index (χ0n) is 21.3. The SMILES string of the molecule is CC1(C)c2ccccc2N2c3cccc4c3B(c3cccc1c32)c1sc(-c2ccccc2)c2cccc-4c12. The first-order valence-corrected chi connectivity index (χ1v) is 14.2. The van der Waals surface area contributed by atoms with Crippen molar-refractivity contribution in [2.24, 2.45) is 0 Å². The molecule has 0 unspecified atom stereocenters. The number of rotatable bonds is 1. The molecule has 9 rings (SSSR count). The van der Waals surface area contributed by atoms with Gasteiger partial charge in [-0.15, -0.1) is 11.3 Å². The Balaban J connectivity index is 1.44. The van der Waals surface area contributed by atoms with E-state index >= 15 is 0 Å². The van der Waals surface area contributed by atoms with Gasteiger partial charge in [0.05, 0.1) is 5.69 Å². The average Bonchev–Trinajstić information content (AvgIpc) is 3.35. The van der Waals surface area contributed by atoms with Crippen molar-refractivity contribution >= 4 is 61.6 Å². The quantitative estimate of drug-likeness (QED) is 0.211. The van der Waals surface area contributed by atoms with Gasteiger partial charge in [0, 0.05) is 27.1 Å². The summed E-state index contributed by atoms with van der Waals surface area (Å²) in [5.74, 6) is 0.